The molecule has 0 aromatic rings. The Morgan fingerprint density at radius 3 is 1.14 bits per heavy atom. The molecule has 0 aromatic heterocycles. The molecule has 18 N–H and O–H groups in total. The van der Waals surface area contributed by atoms with Crippen molar-refractivity contribution < 1.29 is 123 Å². The quantitative estimate of drug-likeness (QED) is 0.0382. The lowest BCUT2D eigenvalue weighted by Crippen LogP contribution is -2.68. The van der Waals surface area contributed by atoms with Crippen molar-refractivity contribution in [1.82, 2.24) is 42.5 Å². The van der Waals surface area contributed by atoms with Crippen molar-refractivity contribution in [2.45, 2.75) is 197 Å². The Kier molecular flexibility index (Phi) is 26.0. The lowest BCUT2D eigenvalue weighted by Gasteiger charge is -2.44. The lowest BCUT2D eigenvalue weighted by molar-refractivity contribution is -0.282. The molecule has 3 fully saturated rings. The summed E-state index contributed by atoms with van der Waals surface area (Å²) in [5.74, 6) is -10.3. The summed E-state index contributed by atoms with van der Waals surface area (Å²) in [4.78, 5) is 118. The normalized spacial score (nSPS) is 31.8. The Bertz CT molecular complexity index is 2080. The second-order valence-electron chi connectivity index (χ2n) is 19.3. The summed E-state index contributed by atoms with van der Waals surface area (Å²) in [6.45, 7) is 6.85. The number of amides is 8. The third-order valence-corrected chi connectivity index (χ3v) is 12.7. The van der Waals surface area contributed by atoms with Crippen LogP contribution < -0.4 is 42.5 Å². The third-order valence-electron chi connectivity index (χ3n) is 12.7. The fourth-order valence-electron chi connectivity index (χ4n) is 8.44. The van der Waals surface area contributed by atoms with E-state index in [1.54, 1.807) is 0 Å². The van der Waals surface area contributed by atoms with Gasteiger partial charge in [-0.15, -0.1) is 0 Å². The van der Waals surface area contributed by atoms with E-state index < -0.39 is 220 Å². The summed E-state index contributed by atoms with van der Waals surface area (Å²) in [6, 6.07) is -13.9. The van der Waals surface area contributed by atoms with Crippen molar-refractivity contribution in [2.24, 2.45) is 5.92 Å². The molecule has 0 spiro atoms. The standard InChI is InChI=1S/C45H76N8O25/c1-14(2)26(42(71)72)51-38(67)15(3)46-40(69)27(16(4)74-44-30(49-20(8)59)36(65)33(62)24(11-55)77-44)53-41(70)28(17(5)75-45-31(50-21(9)60)37(66)34(63)25(12-56)78-45)52-39(68)22(47-18(6)57)13-73-43-29(48-19(7)58)35(64)32(61)23(10-54)76-43/h14-17,22-37,43-45,54-56,61-66H,10-13H2,1-9H3,(H,46,69)(H,47,57)(H,48,58)(H,49,59)(H,50,60)(H,51,67)(H,52,68)(H,53,70)(H,71,72)/t15-,16+,17+,22-,23+,24+,25+,26-,27-,28-,29+,30+,31+,32-,33-,34-,35+,36+,37+,43-,44-,45-/m0/s1. The van der Waals surface area contributed by atoms with Crippen LogP contribution in [-0.4, -0.2) is 265 Å². The Morgan fingerprint density at radius 1 is 0.449 bits per heavy atom. The molecule has 0 radical (unpaired) electrons. The minimum absolute atomic E-state index is 0.649. The van der Waals surface area contributed by atoms with Gasteiger partial charge in [-0.05, 0) is 26.7 Å². The Labute approximate surface area is 446 Å². The largest absolute Gasteiger partial charge is 0.480 e. The van der Waals surface area contributed by atoms with E-state index in [0.29, 0.717) is 0 Å². The monoisotopic (exact) mass is 1130 g/mol. The fourth-order valence-corrected chi connectivity index (χ4v) is 8.44. The molecular weight excluding hydrogens is 1050 g/mol. The highest BCUT2D eigenvalue weighted by Gasteiger charge is 2.50. The van der Waals surface area contributed by atoms with Gasteiger partial charge in [-0.25, -0.2) is 4.79 Å². The summed E-state index contributed by atoms with van der Waals surface area (Å²) >= 11 is 0. The lowest BCUT2D eigenvalue weighted by atomic mass is 9.96. The molecule has 3 rings (SSSR count). The topological polar surface area (TPSA) is 508 Å². The SMILES string of the molecule is CC(=O)N[C@H]1[C@@H](OC[C@H](NC(C)=O)C(=O)N[C@H](C(=O)N[C@H](C(=O)N[C@@H](C)C(=O)N[C@H](C(=O)O)C(C)C)[C@@H](C)O[C@H]2O[C@H](CO)[C@H](O)[C@H](O)[C@H]2NC(C)=O)[C@@H](C)O[C@H]2O[C@H](CO)[C@H](O)[C@H](O)[C@H]2NC(C)=O)O[C@H](CO)[C@H](O)[C@@H]1O. The van der Waals surface area contributed by atoms with Gasteiger partial charge in [-0.1, -0.05) is 13.8 Å². The van der Waals surface area contributed by atoms with Crippen molar-refractivity contribution in [1.29, 1.82) is 0 Å². The summed E-state index contributed by atoms with van der Waals surface area (Å²) in [5, 5.41) is 123. The van der Waals surface area contributed by atoms with E-state index in [2.05, 4.69) is 42.5 Å². The molecule has 446 valence electrons. The van der Waals surface area contributed by atoms with Crippen molar-refractivity contribution in [3.05, 3.63) is 0 Å². The zero-order valence-corrected chi connectivity index (χ0v) is 44.2. The van der Waals surface area contributed by atoms with Crippen molar-refractivity contribution in [2.75, 3.05) is 26.4 Å². The van der Waals surface area contributed by atoms with Crippen LogP contribution >= 0.6 is 0 Å². The van der Waals surface area contributed by atoms with Crippen LogP contribution in [0.1, 0.15) is 62.3 Å². The molecule has 3 saturated heterocycles. The minimum Gasteiger partial charge on any atom is -0.480 e. The summed E-state index contributed by atoms with van der Waals surface area (Å²) in [7, 11) is 0. The number of aliphatic hydroxyl groups is 9. The van der Waals surface area contributed by atoms with Crippen molar-refractivity contribution in [3.63, 3.8) is 0 Å². The number of hydrogen-bond donors (Lipinski definition) is 18. The van der Waals surface area contributed by atoms with Crippen LogP contribution in [0, 0.1) is 5.92 Å². The van der Waals surface area contributed by atoms with Crippen molar-refractivity contribution in [3.8, 4) is 0 Å². The smallest absolute Gasteiger partial charge is 0.326 e. The van der Waals surface area contributed by atoms with Gasteiger partial charge in [-0.2, -0.15) is 0 Å². The van der Waals surface area contributed by atoms with Crippen LogP contribution in [0.5, 0.6) is 0 Å². The molecule has 33 nitrogen and oxygen atoms in total. The number of ether oxygens (including phenoxy) is 6. The molecule has 33 heteroatoms. The van der Waals surface area contributed by atoms with Crippen LogP contribution in [0.2, 0.25) is 0 Å². The molecule has 3 heterocycles. The molecule has 0 bridgehead atoms. The molecule has 3 aliphatic rings. The highest BCUT2D eigenvalue weighted by Crippen LogP contribution is 2.27. The van der Waals surface area contributed by atoms with Gasteiger partial charge in [0.2, 0.25) is 47.3 Å². The average molecular weight is 1130 g/mol. The number of aliphatic hydroxyl groups excluding tert-OH is 9. The van der Waals surface area contributed by atoms with Gasteiger partial charge in [0.25, 0.3) is 0 Å². The predicted octanol–water partition coefficient (Wildman–Crippen LogP) is -10.2. The number of carbonyl (C=O) groups excluding carboxylic acids is 8. The molecule has 0 aromatic carbocycles. The van der Waals surface area contributed by atoms with Crippen LogP contribution in [0.15, 0.2) is 0 Å². The number of aliphatic carboxylic acids is 1. The van der Waals surface area contributed by atoms with Gasteiger partial charge in [0, 0.05) is 27.7 Å². The van der Waals surface area contributed by atoms with Crippen LogP contribution in [0.25, 0.3) is 0 Å². The van der Waals surface area contributed by atoms with E-state index in [-0.39, 0.29) is 0 Å². The molecule has 0 aliphatic carbocycles. The highest BCUT2D eigenvalue weighted by atomic mass is 16.7. The van der Waals surface area contributed by atoms with E-state index in [1.807, 2.05) is 0 Å². The maximum Gasteiger partial charge on any atom is 0.326 e. The molecule has 8 amide bonds. The highest BCUT2D eigenvalue weighted by molar-refractivity contribution is 5.96. The number of carbonyl (C=O) groups is 9. The van der Waals surface area contributed by atoms with Crippen molar-refractivity contribution >= 4 is 53.2 Å². The van der Waals surface area contributed by atoms with Crippen LogP contribution in [0.3, 0.4) is 0 Å². The van der Waals surface area contributed by atoms with E-state index in [1.165, 1.54) is 13.8 Å². The zero-order valence-electron chi connectivity index (χ0n) is 44.2. The van der Waals surface area contributed by atoms with Gasteiger partial charge in [0.1, 0.15) is 103 Å². The van der Waals surface area contributed by atoms with Gasteiger partial charge in [0.15, 0.2) is 18.9 Å². The van der Waals surface area contributed by atoms with Crippen LogP contribution in [0.4, 0.5) is 0 Å². The van der Waals surface area contributed by atoms with Gasteiger partial charge in [-0.3, -0.25) is 38.4 Å². The van der Waals surface area contributed by atoms with Gasteiger partial charge >= 0.3 is 5.97 Å². The summed E-state index contributed by atoms with van der Waals surface area (Å²) in [6.07, 6.45) is -24.6. The van der Waals surface area contributed by atoms with E-state index in [9.17, 15) is 94.2 Å². The summed E-state index contributed by atoms with van der Waals surface area (Å²) in [5.41, 5.74) is 0. The number of rotatable bonds is 26. The van der Waals surface area contributed by atoms with Crippen LogP contribution in [-0.2, 0) is 71.6 Å². The second-order valence-corrected chi connectivity index (χ2v) is 19.3. The summed E-state index contributed by atoms with van der Waals surface area (Å²) < 4.78 is 34.7. The maximum absolute atomic E-state index is 14.9. The second kappa shape index (κ2) is 30.3. The number of carboxylic acid groups (broad SMARTS) is 1. The first-order valence-electron chi connectivity index (χ1n) is 24.7. The van der Waals surface area contributed by atoms with Gasteiger partial charge < -0.3 is 122 Å². The minimum atomic E-state index is -2.15. The average Bonchev–Trinajstić information content (AvgIpc) is 3.37. The Hall–Kier alpha value is -5.37. The van der Waals surface area contributed by atoms with E-state index >= 15 is 0 Å². The first kappa shape index (κ1) is 66.9. The van der Waals surface area contributed by atoms with E-state index in [4.69, 9.17) is 28.4 Å². The molecule has 3 aliphatic heterocycles. The van der Waals surface area contributed by atoms with Gasteiger partial charge in [0.05, 0.1) is 38.6 Å². The molecule has 22 atom stereocenters. The third kappa shape index (κ3) is 18.1. The zero-order chi connectivity index (χ0) is 59.2. The molecule has 78 heavy (non-hydrogen) atoms. The van der Waals surface area contributed by atoms with E-state index in [0.717, 1.165) is 48.5 Å². The predicted molar refractivity (Wildman–Crippen MR) is 257 cm³/mol. The Morgan fingerprint density at radius 2 is 0.795 bits per heavy atom. The fraction of sp³-hybridized carbons (Fsp3) is 0.800. The first-order valence-corrected chi connectivity index (χ1v) is 24.7. The maximum atomic E-state index is 14.9. The first-order chi connectivity index (χ1) is 36.4. The molecular formula is C45H76N8O25. The number of carboxylic acids is 1. The number of hydrogen-bond acceptors (Lipinski definition) is 24. The Balaban J connectivity index is 2.18. The molecule has 0 unspecified atom stereocenters. The number of nitrogens with one attached hydrogen (secondary N) is 8. The molecule has 0 saturated carbocycles.